The minimum absolute atomic E-state index is 0.0309. The Morgan fingerprint density at radius 2 is 0.648 bits per heavy atom. The Hall–Kier alpha value is -2.81. The van der Waals surface area contributed by atoms with Crippen LogP contribution in [-0.4, -0.2) is 70.0 Å². The van der Waals surface area contributed by atoms with E-state index in [1.165, 1.54) is 238 Å². The van der Waals surface area contributed by atoms with Gasteiger partial charge in [0.2, 0.25) is 0 Å². The monoisotopic (exact) mass is 1250 g/mol. The maximum atomic E-state index is 12.9. The Balaban J connectivity index is 3.98. The van der Waals surface area contributed by atoms with Crippen molar-refractivity contribution in [3.63, 3.8) is 0 Å². The highest BCUT2D eigenvalue weighted by Crippen LogP contribution is 2.38. The summed E-state index contributed by atoms with van der Waals surface area (Å²) in [5, 5.41) is 0. The summed E-state index contributed by atoms with van der Waals surface area (Å²) in [6.45, 7) is 4.17. The summed E-state index contributed by atoms with van der Waals surface area (Å²) in [6, 6.07) is 0. The number of allylic oxidation sites excluding steroid dienone is 14. The van der Waals surface area contributed by atoms with Crippen LogP contribution in [0.1, 0.15) is 348 Å². The van der Waals surface area contributed by atoms with Gasteiger partial charge in [-0.3, -0.25) is 14.2 Å². The number of ether oxygens (including phenoxy) is 2. The third-order valence-corrected chi connectivity index (χ3v) is 17.4. The highest BCUT2D eigenvalue weighted by Gasteiger charge is 2.22. The fraction of sp³-hybridized carbons (Fsp3) is 0.795. The fourth-order valence-electron chi connectivity index (χ4n) is 10.7. The quantitative estimate of drug-likeness (QED) is 0.0195. The molecular formula is C78H142NO8P. The lowest BCUT2D eigenvalue weighted by molar-refractivity contribution is -0.870. The molecule has 0 spiro atoms. The molecule has 0 aliphatic heterocycles. The van der Waals surface area contributed by atoms with Crippen LogP contribution < -0.4 is 4.89 Å². The number of quaternary nitrogens is 1. The van der Waals surface area contributed by atoms with E-state index in [0.29, 0.717) is 17.4 Å². The standard InChI is InChI=1S/C78H142NO8P/c1-6-8-10-12-14-16-18-20-22-24-26-28-30-32-34-36-38-39-41-43-45-47-49-51-53-55-57-59-61-63-65-67-69-71-78(81)87-76(75-86-88(82,83)85-73-72-79(3,4)5)74-84-77(80)70-68-66-64-62-60-58-56-54-52-50-48-46-44-42-40-37-35-33-31-29-27-25-23-21-19-17-15-13-11-9-7-2/h8,10,14,16,19-22,25-28,32,34,76H,6-7,9,11-13,15,17-18,23-24,29-31,33,35-75H2,1-5H3/b10-8-,16-14-,21-19-,22-20-,27-25-,28-26-,34-32-. The van der Waals surface area contributed by atoms with Gasteiger partial charge in [-0.15, -0.1) is 0 Å². The molecular weight excluding hydrogens is 1110 g/mol. The Morgan fingerprint density at radius 1 is 0.364 bits per heavy atom. The van der Waals surface area contributed by atoms with E-state index in [4.69, 9.17) is 18.5 Å². The molecule has 0 aliphatic carbocycles. The van der Waals surface area contributed by atoms with Crippen molar-refractivity contribution >= 4 is 19.8 Å². The number of likely N-dealkylation sites (N-methyl/N-ethyl adjacent to an activating group) is 1. The van der Waals surface area contributed by atoms with Gasteiger partial charge >= 0.3 is 11.9 Å². The molecule has 0 aliphatic rings. The third-order valence-electron chi connectivity index (χ3n) is 16.4. The SMILES string of the molecule is CC/C=C\C/C=C\C/C=C\C/C=C\C/C=C\CCCCCCCCCCCCCCCCCCCC(=O)OC(COC(=O)CCCCCCCCCCCCCCCCCCCCC/C=C\C/C=C\CCCCCCC)COP(=O)([O-])OCC[N+](C)(C)C. The molecule has 0 radical (unpaired) electrons. The zero-order chi connectivity index (χ0) is 64.1. The van der Waals surface area contributed by atoms with Gasteiger partial charge in [-0.25, -0.2) is 0 Å². The molecule has 9 nitrogen and oxygen atoms in total. The predicted octanol–water partition coefficient (Wildman–Crippen LogP) is 23.9. The Kier molecular flexibility index (Phi) is 66.4. The molecule has 10 heteroatoms. The molecule has 512 valence electrons. The summed E-state index contributed by atoms with van der Waals surface area (Å²) in [4.78, 5) is 38.1. The molecule has 0 rings (SSSR count). The van der Waals surface area contributed by atoms with Crippen LogP contribution in [-0.2, 0) is 32.7 Å². The van der Waals surface area contributed by atoms with E-state index >= 15 is 0 Å². The largest absolute Gasteiger partial charge is 0.756 e. The first-order valence-corrected chi connectivity index (χ1v) is 38.8. The van der Waals surface area contributed by atoms with Crippen molar-refractivity contribution < 1.29 is 42.1 Å². The van der Waals surface area contributed by atoms with E-state index in [1.54, 1.807) is 0 Å². The molecule has 0 fully saturated rings. The number of unbranched alkanes of at least 4 members (excludes halogenated alkanes) is 41. The second-order valence-corrected chi connectivity index (χ2v) is 27.7. The summed E-state index contributed by atoms with van der Waals surface area (Å²) in [5.41, 5.74) is 0. The van der Waals surface area contributed by atoms with Gasteiger partial charge in [0.05, 0.1) is 27.7 Å². The molecule has 0 aromatic carbocycles. The van der Waals surface area contributed by atoms with Crippen molar-refractivity contribution in [2.24, 2.45) is 0 Å². The normalized spacial score (nSPS) is 13.6. The minimum atomic E-state index is -4.64. The van der Waals surface area contributed by atoms with Crippen LogP contribution in [0.5, 0.6) is 0 Å². The Labute approximate surface area is 545 Å². The van der Waals surface area contributed by atoms with Gasteiger partial charge in [0.1, 0.15) is 19.8 Å². The van der Waals surface area contributed by atoms with Crippen LogP contribution in [0.15, 0.2) is 85.1 Å². The lowest BCUT2D eigenvalue weighted by Crippen LogP contribution is -2.37. The molecule has 88 heavy (non-hydrogen) atoms. The highest BCUT2D eigenvalue weighted by molar-refractivity contribution is 7.45. The Morgan fingerprint density at radius 3 is 0.966 bits per heavy atom. The molecule has 0 bridgehead atoms. The first kappa shape index (κ1) is 85.2. The molecule has 0 aromatic rings. The molecule has 0 amide bonds. The van der Waals surface area contributed by atoms with Crippen molar-refractivity contribution in [2.75, 3.05) is 47.5 Å². The van der Waals surface area contributed by atoms with E-state index in [9.17, 15) is 19.0 Å². The number of esters is 2. The van der Waals surface area contributed by atoms with E-state index in [-0.39, 0.29) is 32.0 Å². The lowest BCUT2D eigenvalue weighted by atomic mass is 10.0. The summed E-state index contributed by atoms with van der Waals surface area (Å²) in [5.74, 6) is -0.818. The van der Waals surface area contributed by atoms with Gasteiger partial charge in [-0.05, 0) is 89.9 Å². The van der Waals surface area contributed by atoms with Crippen LogP contribution >= 0.6 is 7.82 Å². The molecule has 0 saturated heterocycles. The molecule has 2 unspecified atom stereocenters. The summed E-state index contributed by atoms with van der Waals surface area (Å²) < 4.78 is 34.4. The molecule has 0 N–H and O–H groups in total. The van der Waals surface area contributed by atoms with Crippen molar-refractivity contribution in [3.8, 4) is 0 Å². The first-order valence-electron chi connectivity index (χ1n) is 37.3. The van der Waals surface area contributed by atoms with Crippen LogP contribution in [0, 0.1) is 0 Å². The number of phosphoric acid groups is 1. The van der Waals surface area contributed by atoms with Crippen LogP contribution in [0.25, 0.3) is 0 Å². The molecule has 2 atom stereocenters. The zero-order valence-corrected chi connectivity index (χ0v) is 59.3. The van der Waals surface area contributed by atoms with Crippen LogP contribution in [0.4, 0.5) is 0 Å². The van der Waals surface area contributed by atoms with Gasteiger partial charge in [0.15, 0.2) is 6.10 Å². The van der Waals surface area contributed by atoms with Gasteiger partial charge in [0.25, 0.3) is 7.82 Å². The van der Waals surface area contributed by atoms with Gasteiger partial charge in [-0.1, -0.05) is 330 Å². The summed E-state index contributed by atoms with van der Waals surface area (Å²) >= 11 is 0. The maximum Gasteiger partial charge on any atom is 0.306 e. The molecule has 0 saturated carbocycles. The average Bonchev–Trinajstić information content (AvgIpc) is 3.56. The summed E-state index contributed by atoms with van der Waals surface area (Å²) in [7, 11) is 1.18. The van der Waals surface area contributed by atoms with Gasteiger partial charge in [-0.2, -0.15) is 0 Å². The topological polar surface area (TPSA) is 111 Å². The number of phosphoric ester groups is 1. The lowest BCUT2D eigenvalue weighted by Gasteiger charge is -2.28. The van der Waals surface area contributed by atoms with Crippen molar-refractivity contribution in [3.05, 3.63) is 85.1 Å². The van der Waals surface area contributed by atoms with Crippen molar-refractivity contribution in [1.29, 1.82) is 0 Å². The predicted molar refractivity (Wildman–Crippen MR) is 379 cm³/mol. The van der Waals surface area contributed by atoms with Crippen LogP contribution in [0.3, 0.4) is 0 Å². The summed E-state index contributed by atoms with van der Waals surface area (Å²) in [6.07, 6.45) is 93.9. The van der Waals surface area contributed by atoms with Crippen molar-refractivity contribution in [1.82, 2.24) is 0 Å². The second kappa shape index (κ2) is 68.6. The van der Waals surface area contributed by atoms with E-state index < -0.39 is 26.5 Å². The third kappa shape index (κ3) is 72.3. The number of nitrogens with zero attached hydrogens (tertiary/aromatic N) is 1. The highest BCUT2D eigenvalue weighted by atomic mass is 31.2. The molecule has 0 aromatic heterocycles. The number of carbonyl (C=O) groups is 2. The van der Waals surface area contributed by atoms with Crippen molar-refractivity contribution in [2.45, 2.75) is 354 Å². The Bertz CT molecular complexity index is 1760. The number of carbonyl (C=O) groups excluding carboxylic acids is 2. The van der Waals surface area contributed by atoms with E-state index in [1.807, 2.05) is 21.1 Å². The van der Waals surface area contributed by atoms with E-state index in [2.05, 4.69) is 98.9 Å². The number of hydrogen-bond acceptors (Lipinski definition) is 8. The molecule has 0 heterocycles. The second-order valence-electron chi connectivity index (χ2n) is 26.3. The van der Waals surface area contributed by atoms with Crippen LogP contribution in [0.2, 0.25) is 0 Å². The average molecular weight is 1250 g/mol. The first-order chi connectivity index (χ1) is 43.0. The minimum Gasteiger partial charge on any atom is -0.756 e. The maximum absolute atomic E-state index is 12.9. The van der Waals surface area contributed by atoms with Gasteiger partial charge in [0, 0.05) is 12.8 Å². The number of rotatable bonds is 69. The number of hydrogen-bond donors (Lipinski definition) is 0. The zero-order valence-electron chi connectivity index (χ0n) is 58.4. The fourth-order valence-corrected chi connectivity index (χ4v) is 11.4. The van der Waals surface area contributed by atoms with Gasteiger partial charge < -0.3 is 27.9 Å². The smallest absolute Gasteiger partial charge is 0.306 e. The van der Waals surface area contributed by atoms with E-state index in [0.717, 1.165) is 77.0 Å².